The highest BCUT2D eigenvalue weighted by molar-refractivity contribution is 5.74. The lowest BCUT2D eigenvalue weighted by Crippen LogP contribution is -2.46. The van der Waals surface area contributed by atoms with Crippen molar-refractivity contribution in [3.05, 3.63) is 12.7 Å². The molecule has 5 nitrogen and oxygen atoms in total. The average molecular weight is 185 g/mol. The van der Waals surface area contributed by atoms with Crippen molar-refractivity contribution in [3.8, 4) is 0 Å². The molecule has 0 aliphatic carbocycles. The number of cyclic esters (lactones) is 1. The number of hydrogen-bond donors (Lipinski definition) is 1. The van der Waals surface area contributed by atoms with E-state index in [2.05, 4.69) is 11.3 Å². The molecular formula is C8H11NO4. The number of carbonyl (C=O) groups is 2. The Morgan fingerprint density at radius 3 is 3.08 bits per heavy atom. The van der Waals surface area contributed by atoms with Crippen LogP contribution in [0.2, 0.25) is 0 Å². The maximum absolute atomic E-state index is 10.8. The van der Waals surface area contributed by atoms with Crippen LogP contribution in [0.5, 0.6) is 0 Å². The van der Waals surface area contributed by atoms with Gasteiger partial charge in [0.15, 0.2) is 6.73 Å². The zero-order valence-electron chi connectivity index (χ0n) is 7.10. The molecule has 0 radical (unpaired) electrons. The minimum absolute atomic E-state index is 0.109. The van der Waals surface area contributed by atoms with Crippen molar-refractivity contribution in [1.29, 1.82) is 0 Å². The van der Waals surface area contributed by atoms with Gasteiger partial charge in [-0.1, -0.05) is 6.08 Å². The molecule has 1 aliphatic rings. The molecule has 0 aromatic carbocycles. The standard InChI is InChI=1S/C8H11NO4/c1-2-3-6-4-7(10)13-5-9(6)8(11)12/h2,6H,1,3-5H2,(H,11,12). The predicted molar refractivity (Wildman–Crippen MR) is 44.0 cm³/mol. The van der Waals surface area contributed by atoms with Gasteiger partial charge in [-0.15, -0.1) is 6.58 Å². The van der Waals surface area contributed by atoms with Crippen LogP contribution in [0.1, 0.15) is 12.8 Å². The molecule has 13 heavy (non-hydrogen) atoms. The summed E-state index contributed by atoms with van der Waals surface area (Å²) in [6, 6.07) is -0.323. The van der Waals surface area contributed by atoms with E-state index in [1.807, 2.05) is 0 Å². The second-order valence-corrected chi connectivity index (χ2v) is 2.78. The molecular weight excluding hydrogens is 174 g/mol. The van der Waals surface area contributed by atoms with Crippen molar-refractivity contribution in [2.24, 2.45) is 0 Å². The number of hydrogen-bond acceptors (Lipinski definition) is 3. The third-order valence-electron chi connectivity index (χ3n) is 1.89. The van der Waals surface area contributed by atoms with Crippen LogP contribution in [0.3, 0.4) is 0 Å². The molecule has 1 unspecified atom stereocenters. The van der Waals surface area contributed by atoms with Gasteiger partial charge >= 0.3 is 12.1 Å². The fourth-order valence-electron chi connectivity index (χ4n) is 1.22. The highest BCUT2D eigenvalue weighted by Crippen LogP contribution is 2.15. The summed E-state index contributed by atoms with van der Waals surface area (Å²) < 4.78 is 4.60. The number of nitrogens with zero attached hydrogens (tertiary/aromatic N) is 1. The van der Waals surface area contributed by atoms with Gasteiger partial charge < -0.3 is 9.84 Å². The smallest absolute Gasteiger partial charge is 0.410 e. The van der Waals surface area contributed by atoms with Crippen molar-refractivity contribution in [2.75, 3.05) is 6.73 Å². The Morgan fingerprint density at radius 2 is 2.54 bits per heavy atom. The van der Waals surface area contributed by atoms with E-state index in [9.17, 15) is 9.59 Å². The van der Waals surface area contributed by atoms with Gasteiger partial charge in [0.05, 0.1) is 12.5 Å². The summed E-state index contributed by atoms with van der Waals surface area (Å²) in [4.78, 5) is 22.6. The van der Waals surface area contributed by atoms with Gasteiger partial charge in [-0.2, -0.15) is 0 Å². The number of esters is 1. The molecule has 5 heteroatoms. The number of ether oxygens (including phenoxy) is 1. The Hall–Kier alpha value is -1.52. The molecule has 0 bridgehead atoms. The first-order valence-corrected chi connectivity index (χ1v) is 3.91. The van der Waals surface area contributed by atoms with Gasteiger partial charge in [-0.25, -0.2) is 4.79 Å². The molecule has 1 aliphatic heterocycles. The largest absolute Gasteiger partial charge is 0.465 e. The molecule has 1 heterocycles. The lowest BCUT2D eigenvalue weighted by molar-refractivity contribution is -0.156. The summed E-state index contributed by atoms with van der Waals surface area (Å²) in [6.45, 7) is 3.33. The molecule has 0 aromatic heterocycles. The Bertz CT molecular complexity index is 238. The molecule has 72 valence electrons. The number of rotatable bonds is 2. The summed E-state index contributed by atoms with van der Waals surface area (Å²) in [7, 11) is 0. The van der Waals surface area contributed by atoms with Crippen molar-refractivity contribution >= 4 is 12.1 Å². The lowest BCUT2D eigenvalue weighted by Gasteiger charge is -2.31. The average Bonchev–Trinajstić information content (AvgIpc) is 2.04. The van der Waals surface area contributed by atoms with Crippen molar-refractivity contribution in [3.63, 3.8) is 0 Å². The first kappa shape index (κ1) is 9.57. The molecule has 1 N–H and O–H groups in total. The molecule has 0 saturated carbocycles. The number of carboxylic acid groups (broad SMARTS) is 1. The molecule has 1 rings (SSSR count). The fourth-order valence-corrected chi connectivity index (χ4v) is 1.22. The van der Waals surface area contributed by atoms with E-state index in [-0.39, 0.29) is 25.2 Å². The minimum atomic E-state index is -1.07. The summed E-state index contributed by atoms with van der Waals surface area (Å²) in [5, 5.41) is 8.72. The Kier molecular flexibility index (Phi) is 2.89. The summed E-state index contributed by atoms with van der Waals surface area (Å²) in [5.41, 5.74) is 0. The second kappa shape index (κ2) is 3.93. The van der Waals surface area contributed by atoms with Crippen molar-refractivity contribution in [2.45, 2.75) is 18.9 Å². The predicted octanol–water partition coefficient (Wildman–Crippen LogP) is 0.816. The van der Waals surface area contributed by atoms with Crippen LogP contribution in [0.15, 0.2) is 12.7 Å². The zero-order chi connectivity index (χ0) is 9.84. The van der Waals surface area contributed by atoms with Crippen LogP contribution >= 0.6 is 0 Å². The normalized spacial score (nSPS) is 22.3. The first-order valence-electron chi connectivity index (χ1n) is 3.91. The van der Waals surface area contributed by atoms with Crippen LogP contribution < -0.4 is 0 Å². The highest BCUT2D eigenvalue weighted by Gasteiger charge is 2.30. The van der Waals surface area contributed by atoms with Gasteiger partial charge in [0.1, 0.15) is 0 Å². The Balaban J connectivity index is 2.65. The van der Waals surface area contributed by atoms with Crippen molar-refractivity contribution in [1.82, 2.24) is 4.90 Å². The third-order valence-corrected chi connectivity index (χ3v) is 1.89. The molecule has 0 aromatic rings. The molecule has 0 spiro atoms. The van der Waals surface area contributed by atoms with E-state index in [1.165, 1.54) is 0 Å². The highest BCUT2D eigenvalue weighted by atomic mass is 16.6. The van der Waals surface area contributed by atoms with E-state index < -0.39 is 6.09 Å². The van der Waals surface area contributed by atoms with E-state index >= 15 is 0 Å². The molecule has 1 saturated heterocycles. The number of amides is 1. The van der Waals surface area contributed by atoms with Gasteiger partial charge in [-0.05, 0) is 6.42 Å². The van der Waals surface area contributed by atoms with Gasteiger partial charge in [0, 0.05) is 0 Å². The van der Waals surface area contributed by atoms with E-state index in [0.29, 0.717) is 6.42 Å². The Labute approximate surface area is 75.6 Å². The van der Waals surface area contributed by atoms with Gasteiger partial charge in [0.25, 0.3) is 0 Å². The molecule has 1 atom stereocenters. The lowest BCUT2D eigenvalue weighted by atomic mass is 10.1. The van der Waals surface area contributed by atoms with Crippen LogP contribution in [-0.2, 0) is 9.53 Å². The maximum Gasteiger partial charge on any atom is 0.410 e. The summed E-state index contributed by atoms with van der Waals surface area (Å²) in [5.74, 6) is -0.357. The van der Waals surface area contributed by atoms with Crippen LogP contribution in [0.25, 0.3) is 0 Å². The monoisotopic (exact) mass is 185 g/mol. The van der Waals surface area contributed by atoms with Crippen LogP contribution in [0, 0.1) is 0 Å². The number of carbonyl (C=O) groups excluding carboxylic acids is 1. The van der Waals surface area contributed by atoms with Gasteiger partial charge in [-0.3, -0.25) is 9.69 Å². The quantitative estimate of drug-likeness (QED) is 0.510. The van der Waals surface area contributed by atoms with Gasteiger partial charge in [0.2, 0.25) is 0 Å². The van der Waals surface area contributed by atoms with Crippen molar-refractivity contribution < 1.29 is 19.4 Å². The maximum atomic E-state index is 10.8. The van der Waals surface area contributed by atoms with Crippen LogP contribution in [-0.4, -0.2) is 34.8 Å². The topological polar surface area (TPSA) is 66.8 Å². The second-order valence-electron chi connectivity index (χ2n) is 2.78. The van der Waals surface area contributed by atoms with Crippen LogP contribution in [0.4, 0.5) is 4.79 Å². The van der Waals surface area contributed by atoms with E-state index in [1.54, 1.807) is 6.08 Å². The van der Waals surface area contributed by atoms with E-state index in [4.69, 9.17) is 5.11 Å². The SMILES string of the molecule is C=CCC1CC(=O)OCN1C(=O)O. The summed E-state index contributed by atoms with van der Waals surface area (Å²) >= 11 is 0. The fraction of sp³-hybridized carbons (Fsp3) is 0.500. The van der Waals surface area contributed by atoms with E-state index in [0.717, 1.165) is 4.90 Å². The molecule has 1 fully saturated rings. The first-order chi connectivity index (χ1) is 6.15. The zero-order valence-corrected chi connectivity index (χ0v) is 7.10. The Morgan fingerprint density at radius 1 is 1.85 bits per heavy atom. The molecule has 1 amide bonds. The third kappa shape index (κ3) is 2.21. The minimum Gasteiger partial charge on any atom is -0.465 e. The summed E-state index contributed by atoms with van der Waals surface area (Å²) in [6.07, 6.45) is 1.11.